The van der Waals surface area contributed by atoms with Gasteiger partial charge in [-0.15, -0.1) is 0 Å². The Bertz CT molecular complexity index is 377. The molecular weight excluding hydrogens is 242 g/mol. The van der Waals surface area contributed by atoms with Gasteiger partial charge >= 0.3 is 5.69 Å². The van der Waals surface area contributed by atoms with Crippen molar-refractivity contribution in [3.8, 4) is 11.5 Å². The Morgan fingerprint density at radius 1 is 1.46 bits per heavy atom. The summed E-state index contributed by atoms with van der Waals surface area (Å²) in [6.07, 6.45) is 0. The van der Waals surface area contributed by atoms with Gasteiger partial charge in [-0.05, 0) is 28.4 Å². The predicted octanol–water partition coefficient (Wildman–Crippen LogP) is 2.08. The molecule has 0 spiro atoms. The van der Waals surface area contributed by atoms with Gasteiger partial charge in [0, 0.05) is 6.07 Å². The fraction of sp³-hybridized carbons (Fsp3) is 0.143. The van der Waals surface area contributed by atoms with Crippen LogP contribution in [0.2, 0.25) is 0 Å². The van der Waals surface area contributed by atoms with E-state index < -0.39 is 22.1 Å². The molecule has 0 unspecified atom stereocenters. The zero-order chi connectivity index (χ0) is 10.2. The molecule has 0 aliphatic heterocycles. The first-order valence-electron chi connectivity index (χ1n) is 3.30. The van der Waals surface area contributed by atoms with Crippen LogP contribution in [-0.4, -0.2) is 15.1 Å². The second-order valence-corrected chi connectivity index (χ2v) is 3.27. The summed E-state index contributed by atoms with van der Waals surface area (Å²) >= 11 is 2.98. The van der Waals surface area contributed by atoms with Crippen molar-refractivity contribution in [3.05, 3.63) is 26.2 Å². The van der Waals surface area contributed by atoms with Crippen LogP contribution < -0.4 is 0 Å². The van der Waals surface area contributed by atoms with E-state index in [2.05, 4.69) is 15.9 Å². The summed E-state index contributed by atoms with van der Waals surface area (Å²) in [5.41, 5.74) is -0.0137. The van der Waals surface area contributed by atoms with Gasteiger partial charge < -0.3 is 10.2 Å². The summed E-state index contributed by atoms with van der Waals surface area (Å²) in [5.74, 6) is -1.23. The van der Waals surface area contributed by atoms with Crippen LogP contribution in [0.5, 0.6) is 11.5 Å². The van der Waals surface area contributed by atoms with E-state index in [4.69, 9.17) is 5.11 Å². The van der Waals surface area contributed by atoms with Crippen LogP contribution in [-0.2, 0) is 0 Å². The molecule has 0 fully saturated rings. The van der Waals surface area contributed by atoms with Crippen LogP contribution in [0.3, 0.4) is 0 Å². The maximum absolute atomic E-state index is 10.4. The zero-order valence-electron chi connectivity index (χ0n) is 6.61. The Morgan fingerprint density at radius 2 is 2.00 bits per heavy atom. The number of nitrogens with zero attached hydrogens (tertiary/aromatic N) is 1. The van der Waals surface area contributed by atoms with E-state index in [1.807, 2.05) is 0 Å². The Morgan fingerprint density at radius 3 is 2.46 bits per heavy atom. The first-order valence-corrected chi connectivity index (χ1v) is 4.10. The largest absolute Gasteiger partial charge is 0.503 e. The van der Waals surface area contributed by atoms with Crippen molar-refractivity contribution in [1.82, 2.24) is 0 Å². The second-order valence-electron chi connectivity index (χ2n) is 2.48. The van der Waals surface area contributed by atoms with Crippen molar-refractivity contribution >= 4 is 21.6 Å². The van der Waals surface area contributed by atoms with Crippen LogP contribution in [0.15, 0.2) is 10.5 Å². The summed E-state index contributed by atoms with van der Waals surface area (Å²) in [7, 11) is 0. The molecule has 1 aromatic rings. The third-order valence-corrected chi connectivity index (χ3v) is 2.57. The molecule has 70 valence electrons. The van der Waals surface area contributed by atoms with E-state index >= 15 is 0 Å². The van der Waals surface area contributed by atoms with E-state index in [1.54, 1.807) is 6.92 Å². The highest BCUT2D eigenvalue weighted by atomic mass is 79.9. The minimum Gasteiger partial charge on any atom is -0.503 e. The molecule has 0 bridgehead atoms. The number of hydrogen-bond acceptors (Lipinski definition) is 4. The molecule has 0 amide bonds. The number of nitro benzene ring substituents is 1. The topological polar surface area (TPSA) is 83.6 Å². The molecule has 0 aliphatic rings. The van der Waals surface area contributed by atoms with Gasteiger partial charge in [0.15, 0.2) is 5.75 Å². The molecule has 1 aromatic carbocycles. The van der Waals surface area contributed by atoms with E-state index in [1.165, 1.54) is 6.07 Å². The standard InChI is InChI=1S/C7H6BrNO4/c1-3-2-4(9(12)13)6(10)7(11)5(3)8/h2,10-11H,1H3. The Balaban J connectivity index is 3.50. The highest BCUT2D eigenvalue weighted by Gasteiger charge is 2.20. The SMILES string of the molecule is Cc1cc([N+](=O)[O-])c(O)c(O)c1Br. The van der Waals surface area contributed by atoms with Gasteiger partial charge in [0.1, 0.15) is 0 Å². The lowest BCUT2D eigenvalue weighted by Gasteiger charge is -2.03. The predicted molar refractivity (Wildman–Crippen MR) is 48.9 cm³/mol. The average molecular weight is 248 g/mol. The molecule has 0 aliphatic carbocycles. The second kappa shape index (κ2) is 3.21. The number of aromatic hydroxyl groups is 2. The molecule has 0 heterocycles. The van der Waals surface area contributed by atoms with E-state index in [9.17, 15) is 15.2 Å². The normalized spacial score (nSPS) is 10.0. The molecule has 0 atom stereocenters. The van der Waals surface area contributed by atoms with Crippen molar-refractivity contribution in [2.45, 2.75) is 6.92 Å². The third-order valence-electron chi connectivity index (χ3n) is 1.57. The lowest BCUT2D eigenvalue weighted by atomic mass is 10.2. The number of phenols is 2. The minimum absolute atomic E-state index is 0.260. The monoisotopic (exact) mass is 247 g/mol. The van der Waals surface area contributed by atoms with Gasteiger partial charge in [0.05, 0.1) is 9.40 Å². The summed E-state index contributed by atoms with van der Waals surface area (Å²) < 4.78 is 0.260. The van der Waals surface area contributed by atoms with Crippen molar-refractivity contribution in [3.63, 3.8) is 0 Å². The molecule has 13 heavy (non-hydrogen) atoms. The Labute approximate surface area is 81.9 Å². The summed E-state index contributed by atoms with van der Waals surface area (Å²) in [5, 5.41) is 28.7. The number of halogens is 1. The van der Waals surface area contributed by atoms with E-state index in [0.29, 0.717) is 5.56 Å². The minimum atomic E-state index is -0.755. The third kappa shape index (κ3) is 1.57. The Kier molecular flexibility index (Phi) is 2.42. The smallest absolute Gasteiger partial charge is 0.315 e. The lowest BCUT2D eigenvalue weighted by molar-refractivity contribution is -0.386. The Hall–Kier alpha value is -1.30. The maximum Gasteiger partial charge on any atom is 0.315 e. The van der Waals surface area contributed by atoms with Gasteiger partial charge in [-0.2, -0.15) is 0 Å². The zero-order valence-corrected chi connectivity index (χ0v) is 8.20. The van der Waals surface area contributed by atoms with Crippen molar-refractivity contribution in [1.29, 1.82) is 0 Å². The van der Waals surface area contributed by atoms with Crippen LogP contribution in [0.25, 0.3) is 0 Å². The van der Waals surface area contributed by atoms with Gasteiger partial charge in [-0.25, -0.2) is 0 Å². The molecule has 5 nitrogen and oxygen atoms in total. The number of aryl methyl sites for hydroxylation is 1. The maximum atomic E-state index is 10.4. The van der Waals surface area contributed by atoms with E-state index in [0.717, 1.165) is 0 Å². The summed E-state index contributed by atoms with van der Waals surface area (Å²) in [6, 6.07) is 1.18. The average Bonchev–Trinajstić information content (AvgIpc) is 2.07. The van der Waals surface area contributed by atoms with Crippen molar-refractivity contribution in [2.24, 2.45) is 0 Å². The van der Waals surface area contributed by atoms with Gasteiger partial charge in [-0.3, -0.25) is 10.1 Å². The lowest BCUT2D eigenvalue weighted by Crippen LogP contribution is -1.90. The molecule has 1 rings (SSSR count). The van der Waals surface area contributed by atoms with Gasteiger partial charge in [-0.1, -0.05) is 0 Å². The van der Waals surface area contributed by atoms with Gasteiger partial charge in [0.2, 0.25) is 5.75 Å². The molecule has 0 radical (unpaired) electrons. The van der Waals surface area contributed by atoms with Crippen molar-refractivity contribution in [2.75, 3.05) is 0 Å². The number of hydrogen-bond donors (Lipinski definition) is 2. The summed E-state index contributed by atoms with van der Waals surface area (Å²) in [4.78, 5) is 9.60. The van der Waals surface area contributed by atoms with Crippen molar-refractivity contribution < 1.29 is 15.1 Å². The van der Waals surface area contributed by atoms with Gasteiger partial charge in [0.25, 0.3) is 0 Å². The first-order chi connectivity index (χ1) is 5.95. The highest BCUT2D eigenvalue weighted by Crippen LogP contribution is 2.42. The highest BCUT2D eigenvalue weighted by molar-refractivity contribution is 9.10. The molecule has 0 saturated carbocycles. The number of rotatable bonds is 1. The van der Waals surface area contributed by atoms with Crippen LogP contribution in [0.1, 0.15) is 5.56 Å². The quantitative estimate of drug-likeness (QED) is 0.452. The van der Waals surface area contributed by atoms with Crippen LogP contribution in [0.4, 0.5) is 5.69 Å². The number of phenolic OH excluding ortho intramolecular Hbond substituents is 2. The number of nitro groups is 1. The van der Waals surface area contributed by atoms with Crippen LogP contribution >= 0.6 is 15.9 Å². The molecular formula is C7H6BrNO4. The van der Waals surface area contributed by atoms with E-state index in [-0.39, 0.29) is 4.47 Å². The first kappa shape index (κ1) is 9.79. The molecule has 6 heteroatoms. The fourth-order valence-electron chi connectivity index (χ4n) is 0.888. The molecule has 2 N–H and O–H groups in total. The number of benzene rings is 1. The fourth-order valence-corrected chi connectivity index (χ4v) is 1.19. The van der Waals surface area contributed by atoms with Crippen LogP contribution in [0, 0.1) is 17.0 Å². The summed E-state index contributed by atoms with van der Waals surface area (Å²) in [6.45, 7) is 1.58. The molecule has 0 aromatic heterocycles. The molecule has 0 saturated heterocycles.